The summed E-state index contributed by atoms with van der Waals surface area (Å²) in [5, 5.41) is 13.2. The van der Waals surface area contributed by atoms with Crippen LogP contribution in [0.3, 0.4) is 0 Å². The van der Waals surface area contributed by atoms with Gasteiger partial charge in [0.1, 0.15) is 6.33 Å². The van der Waals surface area contributed by atoms with Crippen LogP contribution in [0, 0.1) is 0 Å². The second-order valence-corrected chi connectivity index (χ2v) is 3.11. The van der Waals surface area contributed by atoms with Crippen LogP contribution in [0.4, 0.5) is 0 Å². The minimum Gasteiger partial charge on any atom is -0.236 e. The van der Waals surface area contributed by atoms with Crippen molar-refractivity contribution in [2.24, 2.45) is 0 Å². The fraction of sp³-hybridized carbons (Fsp3) is 0. The maximum absolute atomic E-state index is 4.27. The molecule has 0 aliphatic carbocycles. The summed E-state index contributed by atoms with van der Waals surface area (Å²) < 4.78 is 1.56. The topological polar surface area (TPSA) is 56.5 Å². The van der Waals surface area contributed by atoms with E-state index in [4.69, 9.17) is 0 Å². The van der Waals surface area contributed by atoms with E-state index >= 15 is 0 Å². The largest absolute Gasteiger partial charge is 0.236 e. The number of tetrazole rings is 1. The number of hydrogen-bond acceptors (Lipinski definition) is 4. The van der Waals surface area contributed by atoms with Crippen molar-refractivity contribution in [3.8, 4) is 5.82 Å². The van der Waals surface area contributed by atoms with Crippen molar-refractivity contribution < 1.29 is 0 Å². The molecular weight excluding hydrogens is 190 g/mol. The van der Waals surface area contributed by atoms with Crippen molar-refractivity contribution >= 4 is 10.8 Å². The minimum atomic E-state index is 0.748. The molecule has 0 aliphatic heterocycles. The van der Waals surface area contributed by atoms with Gasteiger partial charge in [0, 0.05) is 11.6 Å². The molecule has 72 valence electrons. The van der Waals surface area contributed by atoms with Crippen molar-refractivity contribution in [2.45, 2.75) is 0 Å². The van der Waals surface area contributed by atoms with Gasteiger partial charge in [-0.3, -0.25) is 0 Å². The minimum absolute atomic E-state index is 0.748. The molecule has 0 bridgehead atoms. The van der Waals surface area contributed by atoms with Crippen LogP contribution in [0.5, 0.6) is 0 Å². The quantitative estimate of drug-likeness (QED) is 0.588. The summed E-state index contributed by atoms with van der Waals surface area (Å²) in [6.45, 7) is 0. The molecule has 0 spiro atoms. The van der Waals surface area contributed by atoms with Crippen molar-refractivity contribution in [3.63, 3.8) is 0 Å². The SMILES string of the molecule is c1ccc2c(-n3cnnn3)nccc2c1. The van der Waals surface area contributed by atoms with Gasteiger partial charge in [-0.25, -0.2) is 4.98 Å². The third-order valence-electron chi connectivity index (χ3n) is 2.22. The predicted molar refractivity (Wildman–Crippen MR) is 54.5 cm³/mol. The lowest BCUT2D eigenvalue weighted by molar-refractivity contribution is 0.776. The zero-order valence-electron chi connectivity index (χ0n) is 7.78. The van der Waals surface area contributed by atoms with Crippen LogP contribution in [0.25, 0.3) is 16.6 Å². The fourth-order valence-corrected chi connectivity index (χ4v) is 1.54. The first-order valence-electron chi connectivity index (χ1n) is 4.52. The highest BCUT2D eigenvalue weighted by molar-refractivity contribution is 5.88. The first kappa shape index (κ1) is 8.05. The second-order valence-electron chi connectivity index (χ2n) is 3.11. The molecule has 0 saturated carbocycles. The molecular formula is C10H7N5. The Balaban J connectivity index is 2.36. The Morgan fingerprint density at radius 1 is 1.07 bits per heavy atom. The molecule has 0 atom stereocenters. The van der Waals surface area contributed by atoms with Gasteiger partial charge in [0.2, 0.25) is 0 Å². The third kappa shape index (κ3) is 1.25. The van der Waals surface area contributed by atoms with Crippen LogP contribution in [-0.4, -0.2) is 25.2 Å². The molecule has 2 heterocycles. The smallest absolute Gasteiger partial charge is 0.164 e. The molecule has 0 N–H and O–H groups in total. The molecule has 0 aliphatic rings. The number of nitrogens with zero attached hydrogens (tertiary/aromatic N) is 5. The number of aromatic nitrogens is 5. The monoisotopic (exact) mass is 197 g/mol. The highest BCUT2D eigenvalue weighted by atomic mass is 15.5. The first-order chi connectivity index (χ1) is 7.45. The average Bonchev–Trinajstić information content (AvgIpc) is 2.82. The number of rotatable bonds is 1. The molecule has 2 aromatic heterocycles. The summed E-state index contributed by atoms with van der Waals surface area (Å²) >= 11 is 0. The van der Waals surface area contributed by atoms with Gasteiger partial charge >= 0.3 is 0 Å². The van der Waals surface area contributed by atoms with Crippen molar-refractivity contribution in [1.29, 1.82) is 0 Å². The summed E-state index contributed by atoms with van der Waals surface area (Å²) in [6, 6.07) is 9.96. The summed E-state index contributed by atoms with van der Waals surface area (Å²) in [4.78, 5) is 4.27. The molecule has 0 radical (unpaired) electrons. The molecule has 1 aromatic carbocycles. The van der Waals surface area contributed by atoms with Gasteiger partial charge in [0.05, 0.1) is 0 Å². The second kappa shape index (κ2) is 3.13. The molecule has 0 saturated heterocycles. The van der Waals surface area contributed by atoms with E-state index < -0.39 is 0 Å². The van der Waals surface area contributed by atoms with Gasteiger partial charge in [-0.15, -0.1) is 5.10 Å². The third-order valence-corrected chi connectivity index (χ3v) is 2.22. The van der Waals surface area contributed by atoms with Crippen LogP contribution in [-0.2, 0) is 0 Å². The van der Waals surface area contributed by atoms with Crippen LogP contribution in [0.1, 0.15) is 0 Å². The molecule has 5 nitrogen and oxygen atoms in total. The summed E-state index contributed by atoms with van der Waals surface area (Å²) in [6.07, 6.45) is 3.29. The number of pyridine rings is 1. The summed E-state index contributed by atoms with van der Waals surface area (Å²) in [5.74, 6) is 0.748. The predicted octanol–water partition coefficient (Wildman–Crippen LogP) is 1.21. The Hall–Kier alpha value is -2.30. The van der Waals surface area contributed by atoms with Gasteiger partial charge in [0.15, 0.2) is 5.82 Å². The number of benzene rings is 1. The van der Waals surface area contributed by atoms with E-state index in [-0.39, 0.29) is 0 Å². The van der Waals surface area contributed by atoms with Gasteiger partial charge in [0.25, 0.3) is 0 Å². The summed E-state index contributed by atoms with van der Waals surface area (Å²) in [5.41, 5.74) is 0. The van der Waals surface area contributed by atoms with E-state index in [0.717, 1.165) is 16.6 Å². The molecule has 15 heavy (non-hydrogen) atoms. The maximum Gasteiger partial charge on any atom is 0.164 e. The van der Waals surface area contributed by atoms with Crippen LogP contribution in [0.15, 0.2) is 42.9 Å². The lowest BCUT2D eigenvalue weighted by Crippen LogP contribution is -1.99. The van der Waals surface area contributed by atoms with Crippen LogP contribution in [0.2, 0.25) is 0 Å². The lowest BCUT2D eigenvalue weighted by atomic mass is 10.2. The fourth-order valence-electron chi connectivity index (χ4n) is 1.54. The summed E-state index contributed by atoms with van der Waals surface area (Å²) in [7, 11) is 0. The Morgan fingerprint density at radius 2 is 2.00 bits per heavy atom. The zero-order valence-corrected chi connectivity index (χ0v) is 7.78. The van der Waals surface area contributed by atoms with Gasteiger partial charge in [-0.2, -0.15) is 4.68 Å². The Bertz CT molecular complexity index is 582. The van der Waals surface area contributed by atoms with E-state index in [2.05, 4.69) is 20.5 Å². The standard InChI is InChI=1S/C10H7N5/c1-2-4-9-8(3-1)5-6-11-10(9)15-7-12-13-14-15/h1-7H. The molecule has 3 rings (SSSR count). The number of hydrogen-bond donors (Lipinski definition) is 0. The van der Waals surface area contributed by atoms with E-state index in [9.17, 15) is 0 Å². The lowest BCUT2D eigenvalue weighted by Gasteiger charge is -2.02. The van der Waals surface area contributed by atoms with Gasteiger partial charge in [-0.05, 0) is 21.9 Å². The van der Waals surface area contributed by atoms with Crippen LogP contribution >= 0.6 is 0 Å². The highest BCUT2D eigenvalue weighted by Gasteiger charge is 2.04. The van der Waals surface area contributed by atoms with E-state index in [1.807, 2.05) is 30.3 Å². The highest BCUT2D eigenvalue weighted by Crippen LogP contribution is 2.18. The molecule has 0 amide bonds. The van der Waals surface area contributed by atoms with Gasteiger partial charge < -0.3 is 0 Å². The van der Waals surface area contributed by atoms with E-state index in [1.165, 1.54) is 6.33 Å². The molecule has 5 heteroatoms. The Kier molecular flexibility index (Phi) is 1.68. The van der Waals surface area contributed by atoms with E-state index in [1.54, 1.807) is 10.9 Å². The van der Waals surface area contributed by atoms with Crippen molar-refractivity contribution in [3.05, 3.63) is 42.9 Å². The Morgan fingerprint density at radius 3 is 2.87 bits per heavy atom. The van der Waals surface area contributed by atoms with E-state index in [0.29, 0.717) is 0 Å². The molecule has 3 aromatic rings. The Labute approximate surface area is 85.4 Å². The van der Waals surface area contributed by atoms with Crippen LogP contribution < -0.4 is 0 Å². The average molecular weight is 197 g/mol. The first-order valence-corrected chi connectivity index (χ1v) is 4.52. The maximum atomic E-state index is 4.27. The molecule has 0 unspecified atom stereocenters. The zero-order chi connectivity index (χ0) is 10.1. The van der Waals surface area contributed by atoms with Gasteiger partial charge in [-0.1, -0.05) is 24.3 Å². The number of fused-ring (bicyclic) bond motifs is 1. The molecule has 0 fully saturated rings. The van der Waals surface area contributed by atoms with Crippen molar-refractivity contribution in [1.82, 2.24) is 25.2 Å². The van der Waals surface area contributed by atoms with Crippen molar-refractivity contribution in [2.75, 3.05) is 0 Å². The normalized spacial score (nSPS) is 10.7.